The smallest absolute Gasteiger partial charge is 0.266 e. The normalized spacial score (nSPS) is 18.7. The van der Waals surface area contributed by atoms with Crippen LogP contribution in [0.3, 0.4) is 0 Å². The molecule has 1 aromatic heterocycles. The number of hydrogen-bond acceptors (Lipinski definition) is 8. The van der Waals surface area contributed by atoms with Gasteiger partial charge in [0, 0.05) is 6.54 Å². The first kappa shape index (κ1) is 18.3. The van der Waals surface area contributed by atoms with Crippen LogP contribution in [0.5, 0.6) is 0 Å². The van der Waals surface area contributed by atoms with Gasteiger partial charge < -0.3 is 5.32 Å². The van der Waals surface area contributed by atoms with Crippen LogP contribution < -0.4 is 10.0 Å². The molecule has 144 valence electrons. The van der Waals surface area contributed by atoms with Gasteiger partial charge in [0.2, 0.25) is 5.96 Å². The van der Waals surface area contributed by atoms with E-state index in [0.717, 1.165) is 24.7 Å². The Morgan fingerprint density at radius 2 is 2.19 bits per heavy atom. The van der Waals surface area contributed by atoms with Gasteiger partial charge in [-0.05, 0) is 44.2 Å². The molecular weight excluding hydrogens is 384 g/mol. The van der Waals surface area contributed by atoms with Crippen LogP contribution in [0.4, 0.5) is 0 Å². The van der Waals surface area contributed by atoms with E-state index >= 15 is 0 Å². The van der Waals surface area contributed by atoms with E-state index in [0.29, 0.717) is 24.4 Å². The molecule has 0 radical (unpaired) electrons. The Morgan fingerprint density at radius 3 is 2.96 bits per heavy atom. The maximum atomic E-state index is 12.7. The minimum atomic E-state index is -3.77. The quantitative estimate of drug-likeness (QED) is 0.737. The van der Waals surface area contributed by atoms with Crippen molar-refractivity contribution < 1.29 is 8.42 Å². The molecule has 0 saturated carbocycles. The van der Waals surface area contributed by atoms with Gasteiger partial charge in [-0.15, -0.1) is 0 Å². The number of sulfonamides is 1. The summed E-state index contributed by atoms with van der Waals surface area (Å²) in [5.41, 5.74) is 2.49. The number of nitrogens with zero attached hydrogens (tertiary/aromatic N) is 4. The molecule has 0 fully saturated rings. The lowest BCUT2D eigenvalue weighted by Crippen LogP contribution is -2.50. The Hall–Kier alpha value is -2.04. The maximum Gasteiger partial charge on any atom is 0.266 e. The van der Waals surface area contributed by atoms with Crippen LogP contribution in [0, 0.1) is 0 Å². The van der Waals surface area contributed by atoms with Crippen molar-refractivity contribution in [2.45, 2.75) is 37.0 Å². The van der Waals surface area contributed by atoms with Gasteiger partial charge in [-0.2, -0.15) is 8.75 Å². The van der Waals surface area contributed by atoms with Gasteiger partial charge in [-0.1, -0.05) is 17.7 Å². The van der Waals surface area contributed by atoms with Crippen LogP contribution >= 0.6 is 11.7 Å². The van der Waals surface area contributed by atoms with Crippen molar-refractivity contribution in [2.24, 2.45) is 4.99 Å². The predicted octanol–water partition coefficient (Wildman–Crippen LogP) is 2.04. The molecule has 1 aromatic carbocycles. The zero-order valence-corrected chi connectivity index (χ0v) is 16.5. The lowest BCUT2D eigenvalue weighted by atomic mass is 9.97. The van der Waals surface area contributed by atoms with E-state index in [1.165, 1.54) is 37.3 Å². The zero-order valence-electron chi connectivity index (χ0n) is 14.9. The number of rotatable bonds is 5. The highest BCUT2D eigenvalue weighted by Crippen LogP contribution is 2.21. The summed E-state index contributed by atoms with van der Waals surface area (Å²) >= 11 is 0.997. The number of aliphatic imine (C=N–C) groups is 1. The molecule has 0 amide bonds. The van der Waals surface area contributed by atoms with Gasteiger partial charge in [-0.3, -0.25) is 4.90 Å². The first-order chi connectivity index (χ1) is 13.1. The van der Waals surface area contributed by atoms with E-state index in [1.54, 1.807) is 12.1 Å². The van der Waals surface area contributed by atoms with E-state index in [-0.39, 0.29) is 10.9 Å². The summed E-state index contributed by atoms with van der Waals surface area (Å²) < 4.78 is 36.1. The van der Waals surface area contributed by atoms with Gasteiger partial charge in [0.05, 0.1) is 25.1 Å². The molecule has 0 atom stereocenters. The molecule has 1 aliphatic heterocycles. The van der Waals surface area contributed by atoms with Gasteiger partial charge >= 0.3 is 0 Å². The molecular formula is C17H22N6O2S2. The number of hydrogen-bond donors (Lipinski definition) is 2. The van der Waals surface area contributed by atoms with E-state index in [9.17, 15) is 8.42 Å². The zero-order chi connectivity index (χ0) is 18.7. The summed E-state index contributed by atoms with van der Waals surface area (Å²) in [5, 5.41) is 3.06. The van der Waals surface area contributed by atoms with Crippen LogP contribution in [0.1, 0.15) is 32.1 Å². The van der Waals surface area contributed by atoms with Crippen molar-refractivity contribution in [3.8, 4) is 0 Å². The largest absolute Gasteiger partial charge is 0.343 e. The fraction of sp³-hybridized carbons (Fsp3) is 0.471. The maximum absolute atomic E-state index is 12.7. The number of aromatic nitrogens is 2. The second kappa shape index (κ2) is 7.91. The Morgan fingerprint density at radius 1 is 1.26 bits per heavy atom. The summed E-state index contributed by atoms with van der Waals surface area (Å²) in [6, 6.07) is 4.93. The van der Waals surface area contributed by atoms with Crippen molar-refractivity contribution in [1.29, 1.82) is 0 Å². The van der Waals surface area contributed by atoms with Crippen molar-refractivity contribution >= 4 is 38.7 Å². The van der Waals surface area contributed by atoms with E-state index in [1.807, 2.05) is 0 Å². The fourth-order valence-electron chi connectivity index (χ4n) is 3.30. The van der Waals surface area contributed by atoms with Crippen molar-refractivity contribution in [3.05, 3.63) is 29.8 Å². The van der Waals surface area contributed by atoms with Crippen LogP contribution in [0.2, 0.25) is 0 Å². The lowest BCUT2D eigenvalue weighted by molar-refractivity contribution is 0.265. The second-order valence-electron chi connectivity index (χ2n) is 6.73. The standard InChI is InChI=1S/C17H22N6O2S2/c24-27(25,15-8-4-7-14-16(15)21-26-20-14)22-17-18-11-23(12-19-17)10-9-13-5-2-1-3-6-13/h4-5,7-8H,1-3,6,9-12H2,(H2,18,19,22). The minimum absolute atomic E-state index is 0.116. The van der Waals surface area contributed by atoms with Crippen molar-refractivity contribution in [3.63, 3.8) is 0 Å². The Kier molecular flexibility index (Phi) is 5.37. The number of fused-ring (bicyclic) bond motifs is 1. The van der Waals surface area contributed by atoms with Crippen LogP contribution in [0.25, 0.3) is 11.0 Å². The topological polar surface area (TPSA) is 99.6 Å². The van der Waals surface area contributed by atoms with E-state index in [4.69, 9.17) is 0 Å². The summed E-state index contributed by atoms with van der Waals surface area (Å²) in [6.07, 6.45) is 8.39. The van der Waals surface area contributed by atoms with Gasteiger partial charge in [0.15, 0.2) is 0 Å². The highest BCUT2D eigenvalue weighted by molar-refractivity contribution is 7.90. The molecule has 2 heterocycles. The number of allylic oxidation sites excluding steroid dienone is 1. The molecule has 27 heavy (non-hydrogen) atoms. The van der Waals surface area contributed by atoms with Gasteiger partial charge in [0.25, 0.3) is 10.0 Å². The first-order valence-electron chi connectivity index (χ1n) is 9.04. The molecule has 2 aromatic rings. The second-order valence-corrected chi connectivity index (χ2v) is 8.91. The van der Waals surface area contributed by atoms with Crippen LogP contribution in [-0.2, 0) is 10.0 Å². The summed E-state index contributed by atoms with van der Waals surface area (Å²) in [6.45, 7) is 1.96. The summed E-state index contributed by atoms with van der Waals surface area (Å²) in [7, 11) is -3.77. The monoisotopic (exact) mass is 406 g/mol. The average Bonchev–Trinajstić information content (AvgIpc) is 3.17. The molecule has 10 heteroatoms. The lowest BCUT2D eigenvalue weighted by Gasteiger charge is -2.27. The van der Waals surface area contributed by atoms with Crippen molar-refractivity contribution in [1.82, 2.24) is 23.7 Å². The number of guanidine groups is 1. The van der Waals surface area contributed by atoms with E-state index in [2.05, 4.69) is 34.8 Å². The van der Waals surface area contributed by atoms with Crippen molar-refractivity contribution in [2.75, 3.05) is 19.9 Å². The minimum Gasteiger partial charge on any atom is -0.343 e. The van der Waals surface area contributed by atoms with Crippen LogP contribution in [-0.4, -0.2) is 47.9 Å². The van der Waals surface area contributed by atoms with E-state index < -0.39 is 10.0 Å². The third kappa shape index (κ3) is 4.28. The predicted molar refractivity (Wildman–Crippen MR) is 106 cm³/mol. The molecule has 0 saturated heterocycles. The molecule has 1 aliphatic carbocycles. The molecule has 8 nitrogen and oxygen atoms in total. The highest BCUT2D eigenvalue weighted by Gasteiger charge is 2.23. The summed E-state index contributed by atoms with van der Waals surface area (Å²) in [5.74, 6) is 0.267. The molecule has 0 unspecified atom stereocenters. The number of nitrogens with one attached hydrogen (secondary N) is 2. The summed E-state index contributed by atoms with van der Waals surface area (Å²) in [4.78, 5) is 6.62. The molecule has 0 bridgehead atoms. The number of benzene rings is 1. The molecule has 0 spiro atoms. The third-order valence-electron chi connectivity index (χ3n) is 4.80. The molecule has 2 N–H and O–H groups in total. The Bertz CT molecular complexity index is 982. The Labute approximate surface area is 162 Å². The average molecular weight is 407 g/mol. The Balaban J connectivity index is 1.38. The highest BCUT2D eigenvalue weighted by atomic mass is 32.2. The van der Waals surface area contributed by atoms with Gasteiger partial charge in [0.1, 0.15) is 15.9 Å². The van der Waals surface area contributed by atoms with Crippen LogP contribution in [0.15, 0.2) is 39.7 Å². The first-order valence-corrected chi connectivity index (χ1v) is 11.3. The molecule has 2 aliphatic rings. The molecule has 4 rings (SSSR count). The fourth-order valence-corrected chi connectivity index (χ4v) is 5.07. The SMILES string of the molecule is O=S(=O)(NC1=NCN(CCC2=CCCCC2)CN1)c1cccc2nsnc12. The van der Waals surface area contributed by atoms with Gasteiger partial charge in [-0.25, -0.2) is 18.1 Å². The third-order valence-corrected chi connectivity index (χ3v) is 6.72.